The Bertz CT molecular complexity index is 217. The van der Waals surface area contributed by atoms with Gasteiger partial charge in [0, 0.05) is 12.5 Å². The first kappa shape index (κ1) is 13.7. The zero-order chi connectivity index (χ0) is 12.0. The van der Waals surface area contributed by atoms with Crippen molar-refractivity contribution in [2.45, 2.75) is 71.3 Å². The van der Waals surface area contributed by atoms with Crippen LogP contribution >= 0.6 is 0 Å². The predicted octanol–water partition coefficient (Wildman–Crippen LogP) is 3.73. The van der Waals surface area contributed by atoms with Crippen LogP contribution in [0.5, 0.6) is 0 Å². The van der Waals surface area contributed by atoms with E-state index < -0.39 is 0 Å². The molecule has 1 saturated carbocycles. The maximum absolute atomic E-state index is 12.0. The van der Waals surface area contributed by atoms with Crippen molar-refractivity contribution in [3.05, 3.63) is 0 Å². The zero-order valence-electron chi connectivity index (χ0n) is 11.1. The van der Waals surface area contributed by atoms with Crippen LogP contribution in [0.2, 0.25) is 0 Å². The highest BCUT2D eigenvalue weighted by Crippen LogP contribution is 2.38. The molecule has 1 rings (SSSR count). The smallest absolute Gasteiger partial charge is 0.167 e. The van der Waals surface area contributed by atoms with E-state index in [0.717, 1.165) is 32.3 Å². The maximum atomic E-state index is 12.0. The third-order valence-corrected chi connectivity index (χ3v) is 3.51. The molecule has 0 heterocycles. The number of hydrogen-bond donors (Lipinski definition) is 0. The molecule has 0 radical (unpaired) electrons. The molecule has 0 aromatic carbocycles. The highest BCUT2D eigenvalue weighted by atomic mass is 16.5. The van der Waals surface area contributed by atoms with Gasteiger partial charge in [0.1, 0.15) is 5.60 Å². The van der Waals surface area contributed by atoms with Crippen molar-refractivity contribution in [1.82, 2.24) is 0 Å². The summed E-state index contributed by atoms with van der Waals surface area (Å²) in [6, 6.07) is 0. The first-order valence-corrected chi connectivity index (χ1v) is 6.80. The number of ether oxygens (including phenoxy) is 1. The molecule has 1 aliphatic carbocycles. The van der Waals surface area contributed by atoms with Crippen molar-refractivity contribution >= 4 is 5.78 Å². The number of ketones is 1. The van der Waals surface area contributed by atoms with E-state index >= 15 is 0 Å². The fraction of sp³-hybridized carbons (Fsp3) is 0.929. The lowest BCUT2D eigenvalue weighted by atomic mass is 9.73. The summed E-state index contributed by atoms with van der Waals surface area (Å²) in [4.78, 5) is 12.0. The highest BCUT2D eigenvalue weighted by Gasteiger charge is 2.45. The fourth-order valence-electron chi connectivity index (χ4n) is 2.28. The van der Waals surface area contributed by atoms with Crippen molar-refractivity contribution in [1.29, 1.82) is 0 Å². The van der Waals surface area contributed by atoms with Crippen LogP contribution in [-0.2, 0) is 9.53 Å². The lowest BCUT2D eigenvalue weighted by Crippen LogP contribution is -2.50. The first-order valence-electron chi connectivity index (χ1n) is 6.80. The van der Waals surface area contributed by atoms with Crippen LogP contribution in [0.4, 0.5) is 0 Å². The van der Waals surface area contributed by atoms with Crippen LogP contribution in [0.15, 0.2) is 0 Å². The lowest BCUT2D eigenvalue weighted by Gasteiger charge is -2.41. The monoisotopic (exact) mass is 226 g/mol. The van der Waals surface area contributed by atoms with E-state index in [1.165, 1.54) is 19.3 Å². The molecule has 94 valence electrons. The largest absolute Gasteiger partial charge is 0.367 e. The summed E-state index contributed by atoms with van der Waals surface area (Å²) in [5.41, 5.74) is -0.389. The standard InChI is InChI=1S/C14H26O2/c1-4-5-6-7-11-16-14(9-8-10-14)13(15)12(2)3/h12H,4-11H2,1-3H3. The summed E-state index contributed by atoms with van der Waals surface area (Å²) in [5.74, 6) is 0.421. The number of hydrogen-bond acceptors (Lipinski definition) is 2. The van der Waals surface area contributed by atoms with Crippen molar-refractivity contribution in [2.24, 2.45) is 5.92 Å². The van der Waals surface area contributed by atoms with Crippen LogP contribution in [-0.4, -0.2) is 18.0 Å². The Morgan fingerprint density at radius 2 is 1.94 bits per heavy atom. The van der Waals surface area contributed by atoms with Gasteiger partial charge in [0.15, 0.2) is 5.78 Å². The van der Waals surface area contributed by atoms with Crippen molar-refractivity contribution < 1.29 is 9.53 Å². The molecule has 0 aromatic rings. The molecule has 0 bridgehead atoms. The summed E-state index contributed by atoms with van der Waals surface area (Å²) < 4.78 is 5.89. The molecule has 0 aliphatic heterocycles. The summed E-state index contributed by atoms with van der Waals surface area (Å²) in [5, 5.41) is 0. The van der Waals surface area contributed by atoms with Crippen LogP contribution in [0.3, 0.4) is 0 Å². The van der Waals surface area contributed by atoms with Gasteiger partial charge >= 0.3 is 0 Å². The minimum Gasteiger partial charge on any atom is -0.367 e. The van der Waals surface area contributed by atoms with Gasteiger partial charge in [0.05, 0.1) is 0 Å². The lowest BCUT2D eigenvalue weighted by molar-refractivity contribution is -0.161. The van der Waals surface area contributed by atoms with Crippen LogP contribution in [0, 0.1) is 5.92 Å². The molecular weight excluding hydrogens is 200 g/mol. The molecule has 1 aliphatic rings. The van der Waals surface area contributed by atoms with Crippen molar-refractivity contribution in [3.63, 3.8) is 0 Å². The maximum Gasteiger partial charge on any atom is 0.167 e. The Kier molecular flexibility index (Phi) is 5.47. The van der Waals surface area contributed by atoms with E-state index in [2.05, 4.69) is 6.92 Å². The van der Waals surface area contributed by atoms with E-state index in [0.29, 0.717) is 5.78 Å². The van der Waals surface area contributed by atoms with E-state index in [-0.39, 0.29) is 11.5 Å². The average Bonchev–Trinajstić information content (AvgIpc) is 2.20. The molecule has 2 nitrogen and oxygen atoms in total. The Labute approximate surface area is 99.8 Å². The molecule has 0 unspecified atom stereocenters. The number of unbranched alkanes of at least 4 members (excludes halogenated alkanes) is 3. The average molecular weight is 226 g/mol. The Balaban J connectivity index is 2.28. The molecule has 0 saturated heterocycles. The molecule has 1 fully saturated rings. The first-order chi connectivity index (χ1) is 7.62. The Morgan fingerprint density at radius 1 is 1.25 bits per heavy atom. The van der Waals surface area contributed by atoms with Gasteiger partial charge in [-0.3, -0.25) is 4.79 Å². The second-order valence-electron chi connectivity index (χ2n) is 5.28. The summed E-state index contributed by atoms with van der Waals surface area (Å²) in [6.07, 6.45) is 7.87. The third kappa shape index (κ3) is 3.31. The molecule has 0 N–H and O–H groups in total. The van der Waals surface area contributed by atoms with Gasteiger partial charge in [-0.05, 0) is 25.7 Å². The summed E-state index contributed by atoms with van der Waals surface area (Å²) in [7, 11) is 0. The fourth-order valence-corrected chi connectivity index (χ4v) is 2.28. The quantitative estimate of drug-likeness (QED) is 0.589. The van der Waals surface area contributed by atoms with Crippen LogP contribution in [0.25, 0.3) is 0 Å². The Morgan fingerprint density at radius 3 is 2.38 bits per heavy atom. The van der Waals surface area contributed by atoms with Crippen molar-refractivity contribution in [3.8, 4) is 0 Å². The van der Waals surface area contributed by atoms with Gasteiger partial charge in [0.25, 0.3) is 0 Å². The topological polar surface area (TPSA) is 26.3 Å². The molecule has 0 atom stereocenters. The normalized spacial score (nSPS) is 18.5. The molecule has 2 heteroatoms. The number of Topliss-reactive ketones (excluding diaryl/α,β-unsaturated/α-hetero) is 1. The van der Waals surface area contributed by atoms with Gasteiger partial charge < -0.3 is 4.74 Å². The van der Waals surface area contributed by atoms with Gasteiger partial charge in [0.2, 0.25) is 0 Å². The highest BCUT2D eigenvalue weighted by molar-refractivity contribution is 5.89. The molecule has 0 spiro atoms. The second kappa shape index (κ2) is 6.39. The SMILES string of the molecule is CCCCCCOC1(C(=O)C(C)C)CCC1. The molecule has 0 amide bonds. The van der Waals surface area contributed by atoms with E-state index in [9.17, 15) is 4.79 Å². The number of carbonyl (C=O) groups is 1. The van der Waals surface area contributed by atoms with E-state index in [4.69, 9.17) is 4.74 Å². The summed E-state index contributed by atoms with van der Waals surface area (Å²) >= 11 is 0. The number of carbonyl (C=O) groups excluding carboxylic acids is 1. The molecule has 16 heavy (non-hydrogen) atoms. The van der Waals surface area contributed by atoms with Gasteiger partial charge in [-0.15, -0.1) is 0 Å². The summed E-state index contributed by atoms with van der Waals surface area (Å²) in [6.45, 7) is 6.92. The van der Waals surface area contributed by atoms with Crippen molar-refractivity contribution in [2.75, 3.05) is 6.61 Å². The third-order valence-electron chi connectivity index (χ3n) is 3.51. The Hall–Kier alpha value is -0.370. The minimum absolute atomic E-state index is 0.107. The van der Waals surface area contributed by atoms with Gasteiger partial charge in [-0.1, -0.05) is 40.0 Å². The van der Waals surface area contributed by atoms with E-state index in [1.54, 1.807) is 0 Å². The van der Waals surface area contributed by atoms with Gasteiger partial charge in [-0.2, -0.15) is 0 Å². The van der Waals surface area contributed by atoms with E-state index in [1.807, 2.05) is 13.8 Å². The van der Waals surface area contributed by atoms with Crippen LogP contribution in [0.1, 0.15) is 65.7 Å². The van der Waals surface area contributed by atoms with Crippen LogP contribution < -0.4 is 0 Å². The molecular formula is C14H26O2. The van der Waals surface area contributed by atoms with Gasteiger partial charge in [-0.25, -0.2) is 0 Å². The molecule has 0 aromatic heterocycles. The minimum atomic E-state index is -0.389. The second-order valence-corrected chi connectivity index (χ2v) is 5.28. The zero-order valence-corrected chi connectivity index (χ0v) is 11.1. The number of rotatable bonds is 8. The predicted molar refractivity (Wildman–Crippen MR) is 66.5 cm³/mol.